The fraction of sp³-hybridized carbons (Fsp3) is 0.583. The molecule has 0 aliphatic rings. The first-order valence-electron chi connectivity index (χ1n) is 5.93. The van der Waals surface area contributed by atoms with E-state index >= 15 is 0 Å². The molecule has 0 aromatic carbocycles. The van der Waals surface area contributed by atoms with Gasteiger partial charge in [0.1, 0.15) is 5.82 Å². The highest BCUT2D eigenvalue weighted by molar-refractivity contribution is 5.43. The van der Waals surface area contributed by atoms with E-state index in [-0.39, 0.29) is 12.1 Å². The number of rotatable bonds is 6. The van der Waals surface area contributed by atoms with E-state index in [4.69, 9.17) is 16.3 Å². The van der Waals surface area contributed by atoms with Crippen LogP contribution in [0.1, 0.15) is 37.4 Å². The van der Waals surface area contributed by atoms with Crippen LogP contribution in [0.5, 0.6) is 0 Å². The summed E-state index contributed by atoms with van der Waals surface area (Å²) >= 11 is 0. The molecular weight excluding hydrogens is 216 g/mol. The predicted octanol–water partition coefficient (Wildman–Crippen LogP) is 1.29. The van der Waals surface area contributed by atoms with Gasteiger partial charge in [0.2, 0.25) is 0 Å². The molecule has 0 saturated heterocycles. The van der Waals surface area contributed by atoms with E-state index in [0.717, 1.165) is 17.5 Å². The quantitative estimate of drug-likeness (QED) is 0.513. The van der Waals surface area contributed by atoms with Crippen molar-refractivity contribution in [2.45, 2.75) is 39.3 Å². The molecule has 0 saturated carbocycles. The molecule has 0 spiro atoms. The average Bonchev–Trinajstić information content (AvgIpc) is 2.33. The van der Waals surface area contributed by atoms with E-state index in [1.54, 1.807) is 6.20 Å². The van der Waals surface area contributed by atoms with Gasteiger partial charge in [-0.3, -0.25) is 11.3 Å². The predicted molar refractivity (Wildman–Crippen MR) is 69.2 cm³/mol. The number of aryl methyl sites for hydroxylation is 1. The van der Waals surface area contributed by atoms with Crippen LogP contribution in [-0.2, 0) is 4.74 Å². The third-order valence-corrected chi connectivity index (χ3v) is 2.76. The van der Waals surface area contributed by atoms with Crippen LogP contribution in [0.15, 0.2) is 12.3 Å². The summed E-state index contributed by atoms with van der Waals surface area (Å²) in [4.78, 5) is 4.15. The molecule has 5 N–H and O–H groups in total. The Hall–Kier alpha value is -1.17. The lowest BCUT2D eigenvalue weighted by atomic mass is 9.99. The second kappa shape index (κ2) is 6.54. The van der Waals surface area contributed by atoms with E-state index in [2.05, 4.69) is 17.3 Å². The van der Waals surface area contributed by atoms with Crippen molar-refractivity contribution in [1.29, 1.82) is 0 Å². The number of hydrogen-bond donors (Lipinski definition) is 3. The van der Waals surface area contributed by atoms with Gasteiger partial charge in [0, 0.05) is 18.4 Å². The van der Waals surface area contributed by atoms with Crippen molar-refractivity contribution in [3.8, 4) is 0 Å². The molecule has 0 radical (unpaired) electrons. The van der Waals surface area contributed by atoms with Crippen molar-refractivity contribution in [3.63, 3.8) is 0 Å². The second-order valence-electron chi connectivity index (χ2n) is 4.03. The Kier molecular flexibility index (Phi) is 5.34. The maximum absolute atomic E-state index is 5.89. The highest BCUT2D eigenvalue weighted by Crippen LogP contribution is 2.25. The van der Waals surface area contributed by atoms with Gasteiger partial charge in [-0.1, -0.05) is 6.92 Å². The van der Waals surface area contributed by atoms with Crippen molar-refractivity contribution >= 4 is 5.82 Å². The summed E-state index contributed by atoms with van der Waals surface area (Å²) < 4.78 is 5.67. The van der Waals surface area contributed by atoms with Gasteiger partial charge < -0.3 is 10.5 Å². The molecule has 1 rings (SSSR count). The zero-order valence-corrected chi connectivity index (χ0v) is 10.7. The molecule has 0 bridgehead atoms. The Bertz CT molecular complexity index is 356. The van der Waals surface area contributed by atoms with Gasteiger partial charge in [-0.2, -0.15) is 0 Å². The second-order valence-corrected chi connectivity index (χ2v) is 4.03. The average molecular weight is 238 g/mol. The van der Waals surface area contributed by atoms with Crippen LogP contribution in [0.4, 0.5) is 5.82 Å². The summed E-state index contributed by atoms with van der Waals surface area (Å²) in [6.07, 6.45) is 2.60. The molecule has 0 aliphatic heterocycles. The van der Waals surface area contributed by atoms with E-state index < -0.39 is 0 Å². The Morgan fingerprint density at radius 2 is 2.18 bits per heavy atom. The molecule has 1 heterocycles. The Morgan fingerprint density at radius 3 is 2.71 bits per heavy atom. The van der Waals surface area contributed by atoms with Crippen LogP contribution in [0.3, 0.4) is 0 Å². The molecule has 2 unspecified atom stereocenters. The minimum atomic E-state index is -0.132. The first-order valence-corrected chi connectivity index (χ1v) is 5.93. The zero-order valence-electron chi connectivity index (χ0n) is 10.7. The van der Waals surface area contributed by atoms with Crippen LogP contribution < -0.4 is 17.0 Å². The molecule has 96 valence electrons. The van der Waals surface area contributed by atoms with E-state index in [1.807, 2.05) is 19.9 Å². The number of ether oxygens (including phenoxy) is 1. The molecule has 0 aliphatic carbocycles. The highest BCUT2D eigenvalue weighted by atomic mass is 16.5. The number of nitrogen functional groups attached to an aromatic ring is 1. The zero-order chi connectivity index (χ0) is 12.8. The maximum Gasteiger partial charge on any atom is 0.128 e. The van der Waals surface area contributed by atoms with Gasteiger partial charge >= 0.3 is 0 Å². The summed E-state index contributed by atoms with van der Waals surface area (Å²) in [7, 11) is 0. The van der Waals surface area contributed by atoms with Gasteiger partial charge in [-0.15, -0.1) is 0 Å². The van der Waals surface area contributed by atoms with Crippen molar-refractivity contribution in [2.75, 3.05) is 12.3 Å². The maximum atomic E-state index is 5.89. The third kappa shape index (κ3) is 3.39. The van der Waals surface area contributed by atoms with Crippen LogP contribution in [0.25, 0.3) is 0 Å². The van der Waals surface area contributed by atoms with E-state index in [0.29, 0.717) is 12.4 Å². The van der Waals surface area contributed by atoms with Crippen molar-refractivity contribution < 1.29 is 4.74 Å². The van der Waals surface area contributed by atoms with Crippen LogP contribution in [0.2, 0.25) is 0 Å². The van der Waals surface area contributed by atoms with Gasteiger partial charge in [0.15, 0.2) is 0 Å². The first kappa shape index (κ1) is 13.9. The SMILES string of the molecule is CCOC(CC)C(NN)c1cc(C)cnc1N. The Morgan fingerprint density at radius 1 is 1.47 bits per heavy atom. The first-order chi connectivity index (χ1) is 8.13. The lowest BCUT2D eigenvalue weighted by molar-refractivity contribution is 0.0315. The third-order valence-electron chi connectivity index (χ3n) is 2.76. The normalized spacial score (nSPS) is 14.6. The summed E-state index contributed by atoms with van der Waals surface area (Å²) in [6, 6.07) is 1.86. The number of nitrogens with two attached hydrogens (primary N) is 2. The number of anilines is 1. The number of pyridine rings is 1. The standard InChI is InChI=1S/C12H22N4O/c1-4-10(17-5-2)11(16-14)9-6-8(3)7-15-12(9)13/h6-7,10-11,16H,4-5,14H2,1-3H3,(H2,13,15). The molecular formula is C12H22N4O. The van der Waals surface area contributed by atoms with Gasteiger partial charge in [-0.25, -0.2) is 4.98 Å². The largest absolute Gasteiger partial charge is 0.383 e. The van der Waals surface area contributed by atoms with Gasteiger partial charge in [0.25, 0.3) is 0 Å². The molecule has 0 fully saturated rings. The fourth-order valence-corrected chi connectivity index (χ4v) is 1.91. The van der Waals surface area contributed by atoms with Crippen molar-refractivity contribution in [3.05, 3.63) is 23.4 Å². The number of nitrogens with zero attached hydrogens (tertiary/aromatic N) is 1. The summed E-state index contributed by atoms with van der Waals surface area (Å²) in [5.41, 5.74) is 10.6. The Labute approximate surface area is 103 Å². The number of nitrogens with one attached hydrogen (secondary N) is 1. The lowest BCUT2D eigenvalue weighted by Crippen LogP contribution is -2.38. The van der Waals surface area contributed by atoms with E-state index in [1.165, 1.54) is 0 Å². The molecule has 5 nitrogen and oxygen atoms in total. The smallest absolute Gasteiger partial charge is 0.128 e. The summed E-state index contributed by atoms with van der Waals surface area (Å²) in [5.74, 6) is 6.11. The highest BCUT2D eigenvalue weighted by Gasteiger charge is 2.23. The molecule has 0 amide bonds. The summed E-state index contributed by atoms with van der Waals surface area (Å²) in [5, 5.41) is 0. The van der Waals surface area contributed by atoms with Crippen LogP contribution >= 0.6 is 0 Å². The minimum absolute atomic E-state index is 0.00380. The molecule has 1 aromatic rings. The summed E-state index contributed by atoms with van der Waals surface area (Å²) in [6.45, 7) is 6.65. The fourth-order valence-electron chi connectivity index (χ4n) is 1.91. The number of hydrogen-bond acceptors (Lipinski definition) is 5. The van der Waals surface area contributed by atoms with Gasteiger partial charge in [-0.05, 0) is 31.9 Å². The molecule has 5 heteroatoms. The van der Waals surface area contributed by atoms with Crippen molar-refractivity contribution in [2.24, 2.45) is 5.84 Å². The lowest BCUT2D eigenvalue weighted by Gasteiger charge is -2.26. The minimum Gasteiger partial charge on any atom is -0.383 e. The van der Waals surface area contributed by atoms with Gasteiger partial charge in [0.05, 0.1) is 12.1 Å². The van der Waals surface area contributed by atoms with Crippen molar-refractivity contribution in [1.82, 2.24) is 10.4 Å². The Balaban J connectivity index is 3.02. The van der Waals surface area contributed by atoms with E-state index in [9.17, 15) is 0 Å². The molecule has 17 heavy (non-hydrogen) atoms. The van der Waals surface area contributed by atoms with Crippen LogP contribution in [0, 0.1) is 6.92 Å². The topological polar surface area (TPSA) is 86.2 Å². The monoisotopic (exact) mass is 238 g/mol. The molecule has 1 aromatic heterocycles. The number of aromatic nitrogens is 1. The van der Waals surface area contributed by atoms with Crippen LogP contribution in [-0.4, -0.2) is 17.7 Å². The number of hydrazine groups is 1. The molecule has 2 atom stereocenters.